The van der Waals surface area contributed by atoms with Crippen molar-refractivity contribution in [2.45, 2.75) is 58.3 Å². The summed E-state index contributed by atoms with van der Waals surface area (Å²) in [5.41, 5.74) is 4.01. The van der Waals surface area contributed by atoms with Crippen molar-refractivity contribution in [3.63, 3.8) is 0 Å². The molecule has 0 heterocycles. The third-order valence-electron chi connectivity index (χ3n) is 5.68. The van der Waals surface area contributed by atoms with Crippen LogP contribution in [0.5, 0.6) is 5.75 Å². The number of hydrogen-bond acceptors (Lipinski definition) is 4. The Morgan fingerprint density at radius 1 is 1.18 bits per heavy atom. The van der Waals surface area contributed by atoms with Crippen LogP contribution in [-0.2, 0) is 24.2 Å². The summed E-state index contributed by atoms with van der Waals surface area (Å²) >= 11 is 3.34. The molecule has 1 N–H and O–H groups in total. The van der Waals surface area contributed by atoms with Crippen LogP contribution in [0.15, 0.2) is 52.0 Å². The van der Waals surface area contributed by atoms with Gasteiger partial charge in [-0.25, -0.2) is 4.89 Å². The first-order valence-electron chi connectivity index (χ1n) is 9.87. The van der Waals surface area contributed by atoms with E-state index in [0.717, 1.165) is 24.3 Å². The first-order valence-corrected chi connectivity index (χ1v) is 12.3. The van der Waals surface area contributed by atoms with Gasteiger partial charge in [0, 0.05) is 0 Å². The van der Waals surface area contributed by atoms with E-state index < -0.39 is 0 Å². The molecule has 0 spiro atoms. The molecule has 0 saturated heterocycles. The van der Waals surface area contributed by atoms with Crippen LogP contribution in [-0.4, -0.2) is 28.1 Å². The van der Waals surface area contributed by atoms with E-state index in [1.165, 1.54) is 57.7 Å². The van der Waals surface area contributed by atoms with E-state index in [1.54, 1.807) is 0 Å². The average Bonchev–Trinajstić information content (AvgIpc) is 3.16. The SMILES string of the molecule is CC=C(C)/C(COc1ccc(SCC2(COO)CCCC2)cc1)=C(/C)[C](C)=[W]. The maximum absolute atomic E-state index is 8.93. The summed E-state index contributed by atoms with van der Waals surface area (Å²) in [5, 5.41) is 8.93. The second-order valence-electron chi connectivity index (χ2n) is 7.66. The minimum atomic E-state index is 0.117. The summed E-state index contributed by atoms with van der Waals surface area (Å²) in [6, 6.07) is 8.36. The average molecular weight is 572 g/mol. The molecule has 0 atom stereocenters. The monoisotopic (exact) mass is 572 g/mol. The second-order valence-corrected chi connectivity index (χ2v) is 10.9. The molecule has 0 aliphatic heterocycles. The third-order valence-corrected chi connectivity index (χ3v) is 8.14. The molecule has 5 heteroatoms. The van der Waals surface area contributed by atoms with Gasteiger partial charge >= 0.3 is 143 Å². The molecule has 0 bridgehead atoms. The van der Waals surface area contributed by atoms with Crippen LogP contribution in [0.3, 0.4) is 0 Å². The molecule has 1 saturated carbocycles. The summed E-state index contributed by atoms with van der Waals surface area (Å²) in [6.45, 7) is 9.62. The Bertz CT molecular complexity index is 716. The predicted molar refractivity (Wildman–Crippen MR) is 115 cm³/mol. The van der Waals surface area contributed by atoms with E-state index in [-0.39, 0.29) is 5.41 Å². The Labute approximate surface area is 184 Å². The van der Waals surface area contributed by atoms with E-state index in [0.29, 0.717) is 13.2 Å². The zero-order valence-corrected chi connectivity index (χ0v) is 21.2. The molecule has 1 aliphatic rings. The van der Waals surface area contributed by atoms with Gasteiger partial charge in [0.1, 0.15) is 0 Å². The molecule has 1 aliphatic carbocycles. The van der Waals surface area contributed by atoms with Crippen LogP contribution in [0.4, 0.5) is 0 Å². The fourth-order valence-electron chi connectivity index (χ4n) is 3.52. The number of ether oxygens (including phenoxy) is 1. The standard InChI is InChI=1S/C23H32O3S.W/c1-5-18(3)22(19(4)6-2)15-25-20-9-11-21(12-10-20)27-17-23(16-26-24)13-7-8-14-23;/h5,9-12,24H,7-8,13-17H2,1-4H3;/b18-5?,22-19-;. The fraction of sp³-hybridized carbons (Fsp3) is 0.522. The minimum absolute atomic E-state index is 0.117. The van der Waals surface area contributed by atoms with Crippen LogP contribution in [0, 0.1) is 5.41 Å². The Hall–Kier alpha value is -0.672. The summed E-state index contributed by atoms with van der Waals surface area (Å²) in [4.78, 5) is 5.74. The summed E-state index contributed by atoms with van der Waals surface area (Å²) in [6.07, 6.45) is 6.88. The summed E-state index contributed by atoms with van der Waals surface area (Å²) in [5.74, 6) is 1.88. The zero-order chi connectivity index (χ0) is 20.6. The van der Waals surface area contributed by atoms with Crippen LogP contribution in [0.25, 0.3) is 0 Å². The van der Waals surface area contributed by atoms with Gasteiger partial charge in [0.05, 0.1) is 6.61 Å². The van der Waals surface area contributed by atoms with Gasteiger partial charge < -0.3 is 0 Å². The quantitative estimate of drug-likeness (QED) is 0.156. The normalized spacial score (nSPS) is 17.4. The number of thioether (sulfide) groups is 1. The molecule has 2 rings (SSSR count). The summed E-state index contributed by atoms with van der Waals surface area (Å²) < 4.78 is 7.49. The first-order chi connectivity index (χ1) is 13.4. The number of benzene rings is 1. The van der Waals surface area contributed by atoms with Gasteiger partial charge in [-0.05, 0) is 12.8 Å². The molecule has 0 amide bonds. The van der Waals surface area contributed by atoms with Gasteiger partial charge in [-0.3, -0.25) is 5.26 Å². The third kappa shape index (κ3) is 6.69. The Morgan fingerprint density at radius 3 is 2.36 bits per heavy atom. The van der Waals surface area contributed by atoms with E-state index in [9.17, 15) is 0 Å². The topological polar surface area (TPSA) is 38.7 Å². The van der Waals surface area contributed by atoms with Crippen LogP contribution in [0.1, 0.15) is 53.4 Å². The van der Waals surface area contributed by atoms with Crippen molar-refractivity contribution in [1.82, 2.24) is 0 Å². The van der Waals surface area contributed by atoms with Crippen molar-refractivity contribution >= 4 is 15.7 Å². The van der Waals surface area contributed by atoms with E-state index >= 15 is 0 Å². The number of rotatable bonds is 10. The van der Waals surface area contributed by atoms with Crippen molar-refractivity contribution in [2.75, 3.05) is 19.0 Å². The molecule has 3 nitrogen and oxygen atoms in total. The van der Waals surface area contributed by atoms with Crippen molar-refractivity contribution in [2.24, 2.45) is 5.41 Å². The fourth-order valence-corrected chi connectivity index (χ4v) is 5.14. The molecular formula is C23H32O3SW. The molecule has 28 heavy (non-hydrogen) atoms. The van der Waals surface area contributed by atoms with Crippen molar-refractivity contribution in [1.29, 1.82) is 0 Å². The number of allylic oxidation sites excluding steroid dienone is 2. The van der Waals surface area contributed by atoms with E-state index in [1.807, 2.05) is 11.8 Å². The predicted octanol–water partition coefficient (Wildman–Crippen LogP) is 6.23. The van der Waals surface area contributed by atoms with Crippen molar-refractivity contribution < 1.29 is 34.2 Å². The van der Waals surface area contributed by atoms with E-state index in [4.69, 9.17) is 9.99 Å². The molecule has 1 fully saturated rings. The summed E-state index contributed by atoms with van der Waals surface area (Å²) in [7, 11) is 0. The molecule has 154 valence electrons. The number of hydrogen-bond donors (Lipinski definition) is 1. The molecular weight excluding hydrogens is 540 g/mol. The zero-order valence-electron chi connectivity index (χ0n) is 17.4. The Kier molecular flexibility index (Phi) is 9.69. The molecule has 1 aromatic carbocycles. The first kappa shape index (κ1) is 23.6. The maximum atomic E-state index is 8.93. The van der Waals surface area contributed by atoms with Crippen molar-refractivity contribution in [3.8, 4) is 5.75 Å². The molecule has 0 radical (unpaired) electrons. The van der Waals surface area contributed by atoms with E-state index in [2.05, 4.69) is 62.9 Å². The van der Waals surface area contributed by atoms with Gasteiger partial charge in [0.25, 0.3) is 0 Å². The molecule has 1 aromatic rings. The Balaban J connectivity index is 1.97. The van der Waals surface area contributed by atoms with Gasteiger partial charge in [0.2, 0.25) is 0 Å². The van der Waals surface area contributed by atoms with Gasteiger partial charge in [0.15, 0.2) is 0 Å². The van der Waals surface area contributed by atoms with Crippen LogP contribution >= 0.6 is 11.8 Å². The van der Waals surface area contributed by atoms with Gasteiger partial charge in [-0.2, -0.15) is 0 Å². The van der Waals surface area contributed by atoms with Crippen LogP contribution < -0.4 is 4.74 Å². The Morgan fingerprint density at radius 2 is 1.82 bits per heavy atom. The van der Waals surface area contributed by atoms with Crippen molar-refractivity contribution in [3.05, 3.63) is 47.1 Å². The molecule has 0 aromatic heterocycles. The molecule has 0 unspecified atom stereocenters. The van der Waals surface area contributed by atoms with Gasteiger partial charge in [-0.15, -0.1) is 0 Å². The van der Waals surface area contributed by atoms with Crippen LogP contribution in [0.2, 0.25) is 0 Å². The second kappa shape index (κ2) is 11.5. The van der Waals surface area contributed by atoms with Gasteiger partial charge in [-0.1, -0.05) is 12.8 Å².